The molecule has 2 heterocycles. The van der Waals surface area contributed by atoms with E-state index in [1.165, 1.54) is 17.0 Å². The van der Waals surface area contributed by atoms with Crippen molar-refractivity contribution in [3.63, 3.8) is 0 Å². The van der Waals surface area contributed by atoms with Gasteiger partial charge in [0.05, 0.1) is 18.0 Å². The Bertz CT molecular complexity index is 1560. The van der Waals surface area contributed by atoms with E-state index in [9.17, 15) is 32.3 Å². The number of carbonyl (C=O) groups is 4. The molecule has 0 unspecified atom stereocenters. The first-order valence-electron chi connectivity index (χ1n) is 15.4. The van der Waals surface area contributed by atoms with E-state index in [4.69, 9.17) is 9.26 Å². The number of ketones is 1. The Balaban J connectivity index is 1.40. The monoisotopic (exact) mass is 657 g/mol. The second-order valence-corrected chi connectivity index (χ2v) is 12.1. The van der Waals surface area contributed by atoms with Crippen molar-refractivity contribution in [3.05, 3.63) is 83.0 Å². The standard InChI is InChI=1S/C33H38F3N5O6/c1-19(2)26(28(42)29-37-25(47-40-29)17-22-12-8-13-23(16-22)33(34,35)36)38-30(43)24-14-9-15-41(24)31(44)27(20(3)4)39-32(45)46-18-21-10-6-5-7-11-21/h5-8,10-13,16,19-20,24,26-27H,9,14-15,17-18H2,1-4H3,(H,38,43)(H,39,45)/t24-,26-,27-/m0/s1. The number of benzene rings is 2. The van der Waals surface area contributed by atoms with Crippen molar-refractivity contribution < 1.29 is 41.6 Å². The minimum atomic E-state index is -4.52. The zero-order valence-electron chi connectivity index (χ0n) is 26.5. The van der Waals surface area contributed by atoms with Crippen molar-refractivity contribution in [2.45, 2.75) is 77.9 Å². The normalized spacial score (nSPS) is 16.2. The highest BCUT2D eigenvalue weighted by Gasteiger charge is 2.40. The van der Waals surface area contributed by atoms with Crippen LogP contribution in [-0.4, -0.2) is 63.4 Å². The molecule has 47 heavy (non-hydrogen) atoms. The molecule has 3 amide bonds. The second kappa shape index (κ2) is 15.2. The van der Waals surface area contributed by atoms with Gasteiger partial charge in [-0.25, -0.2) is 4.79 Å². The number of aromatic nitrogens is 2. The van der Waals surface area contributed by atoms with Gasteiger partial charge in [0.25, 0.3) is 0 Å². The Kier molecular flexibility index (Phi) is 11.4. The van der Waals surface area contributed by atoms with E-state index in [0.717, 1.165) is 17.7 Å². The maximum Gasteiger partial charge on any atom is 0.416 e. The molecule has 252 valence electrons. The molecule has 2 N–H and O–H groups in total. The van der Waals surface area contributed by atoms with Crippen molar-refractivity contribution in [3.8, 4) is 0 Å². The number of carbonyl (C=O) groups excluding carboxylic acids is 4. The summed E-state index contributed by atoms with van der Waals surface area (Å²) in [5.41, 5.74) is 0.223. The highest BCUT2D eigenvalue weighted by molar-refractivity contribution is 6.00. The van der Waals surface area contributed by atoms with Gasteiger partial charge in [0.15, 0.2) is 0 Å². The number of rotatable bonds is 12. The van der Waals surface area contributed by atoms with Gasteiger partial charge in [0.1, 0.15) is 18.7 Å². The van der Waals surface area contributed by atoms with Gasteiger partial charge in [-0.3, -0.25) is 14.4 Å². The molecule has 0 saturated carbocycles. The quantitative estimate of drug-likeness (QED) is 0.261. The number of alkyl carbamates (subject to hydrolysis) is 1. The van der Waals surface area contributed by atoms with Crippen molar-refractivity contribution in [1.29, 1.82) is 0 Å². The number of likely N-dealkylation sites (tertiary alicyclic amines) is 1. The summed E-state index contributed by atoms with van der Waals surface area (Å²) in [5, 5.41) is 9.08. The molecular formula is C33H38F3N5O6. The predicted octanol–water partition coefficient (Wildman–Crippen LogP) is 4.94. The Morgan fingerprint density at radius 3 is 2.30 bits per heavy atom. The topological polar surface area (TPSA) is 144 Å². The van der Waals surface area contributed by atoms with Crippen LogP contribution < -0.4 is 10.6 Å². The molecule has 0 spiro atoms. The number of nitrogens with one attached hydrogen (secondary N) is 2. The fourth-order valence-corrected chi connectivity index (χ4v) is 5.27. The van der Waals surface area contributed by atoms with E-state index >= 15 is 0 Å². The lowest BCUT2D eigenvalue weighted by atomic mass is 9.98. The lowest BCUT2D eigenvalue weighted by Gasteiger charge is -2.31. The number of hydrogen-bond acceptors (Lipinski definition) is 8. The van der Waals surface area contributed by atoms with E-state index in [1.807, 2.05) is 18.2 Å². The van der Waals surface area contributed by atoms with Crippen LogP contribution in [0.1, 0.15) is 73.7 Å². The fraction of sp³-hybridized carbons (Fsp3) is 0.455. The number of halogens is 3. The van der Waals surface area contributed by atoms with Crippen LogP contribution in [0.25, 0.3) is 0 Å². The van der Waals surface area contributed by atoms with Crippen LogP contribution in [0.4, 0.5) is 18.0 Å². The summed E-state index contributed by atoms with van der Waals surface area (Å²) in [7, 11) is 0. The van der Waals surface area contributed by atoms with Crippen molar-refractivity contribution in [2.24, 2.45) is 11.8 Å². The summed E-state index contributed by atoms with van der Waals surface area (Å²) >= 11 is 0. The predicted molar refractivity (Wildman–Crippen MR) is 163 cm³/mol. The largest absolute Gasteiger partial charge is 0.445 e. The van der Waals surface area contributed by atoms with Gasteiger partial charge in [-0.2, -0.15) is 18.2 Å². The Morgan fingerprint density at radius 2 is 1.64 bits per heavy atom. The van der Waals surface area contributed by atoms with E-state index < -0.39 is 59.5 Å². The molecule has 0 aliphatic carbocycles. The first kappa shape index (κ1) is 35.1. The van der Waals surface area contributed by atoms with Gasteiger partial charge in [0.2, 0.25) is 29.3 Å². The van der Waals surface area contributed by atoms with Crippen LogP contribution in [0.15, 0.2) is 59.1 Å². The van der Waals surface area contributed by atoms with Gasteiger partial charge in [-0.15, -0.1) is 0 Å². The fourth-order valence-electron chi connectivity index (χ4n) is 5.27. The van der Waals surface area contributed by atoms with Gasteiger partial charge < -0.3 is 24.8 Å². The van der Waals surface area contributed by atoms with Crippen molar-refractivity contribution >= 4 is 23.7 Å². The van der Waals surface area contributed by atoms with Gasteiger partial charge in [-0.05, 0) is 41.9 Å². The number of Topliss-reactive ketones (excluding diaryl/α,β-unsaturated/α-hetero) is 1. The zero-order chi connectivity index (χ0) is 34.3. The van der Waals surface area contributed by atoms with Crippen molar-refractivity contribution in [2.75, 3.05) is 6.54 Å². The summed E-state index contributed by atoms with van der Waals surface area (Å²) < 4.78 is 49.7. The summed E-state index contributed by atoms with van der Waals surface area (Å²) in [6, 6.07) is 10.8. The summed E-state index contributed by atoms with van der Waals surface area (Å²) in [6.07, 6.45) is -4.53. The van der Waals surface area contributed by atoms with Crippen LogP contribution in [0.2, 0.25) is 0 Å². The van der Waals surface area contributed by atoms with E-state index in [-0.39, 0.29) is 42.8 Å². The maximum absolute atomic E-state index is 13.6. The third-order valence-corrected chi connectivity index (χ3v) is 7.80. The van der Waals surface area contributed by atoms with Crippen LogP contribution in [0.5, 0.6) is 0 Å². The molecule has 3 aromatic rings. The molecular weight excluding hydrogens is 619 g/mol. The highest BCUT2D eigenvalue weighted by atomic mass is 19.4. The summed E-state index contributed by atoms with van der Waals surface area (Å²) in [4.78, 5) is 58.6. The van der Waals surface area contributed by atoms with Crippen LogP contribution >= 0.6 is 0 Å². The van der Waals surface area contributed by atoms with E-state index in [2.05, 4.69) is 20.8 Å². The van der Waals surface area contributed by atoms with Crippen LogP contribution in [0.3, 0.4) is 0 Å². The Hall–Kier alpha value is -4.75. The highest BCUT2D eigenvalue weighted by Crippen LogP contribution is 2.30. The molecule has 14 heteroatoms. The molecule has 1 fully saturated rings. The number of alkyl halides is 3. The van der Waals surface area contributed by atoms with Crippen LogP contribution in [0, 0.1) is 11.8 Å². The SMILES string of the molecule is CC(C)[C@H](NC(=O)[C@@H]1CCCN1C(=O)[C@@H](NC(=O)OCc1ccccc1)C(C)C)C(=O)c1noc(Cc2cccc(C(F)(F)F)c2)n1. The first-order chi connectivity index (χ1) is 22.2. The minimum Gasteiger partial charge on any atom is -0.445 e. The van der Waals surface area contributed by atoms with Crippen molar-refractivity contribution in [1.82, 2.24) is 25.7 Å². The molecule has 1 saturated heterocycles. The minimum absolute atomic E-state index is 0.0260. The number of nitrogens with zero attached hydrogens (tertiary/aromatic N) is 3. The lowest BCUT2D eigenvalue weighted by molar-refractivity contribution is -0.141. The molecule has 3 atom stereocenters. The van der Waals surface area contributed by atoms with E-state index in [0.29, 0.717) is 12.8 Å². The smallest absolute Gasteiger partial charge is 0.416 e. The van der Waals surface area contributed by atoms with Gasteiger partial charge >= 0.3 is 12.3 Å². The number of hydrogen-bond donors (Lipinski definition) is 2. The molecule has 1 aliphatic rings. The average molecular weight is 658 g/mol. The molecule has 11 nitrogen and oxygen atoms in total. The third kappa shape index (κ3) is 9.17. The molecule has 0 radical (unpaired) electrons. The maximum atomic E-state index is 13.6. The number of amides is 3. The average Bonchev–Trinajstić information content (AvgIpc) is 3.71. The molecule has 0 bridgehead atoms. The summed E-state index contributed by atoms with van der Waals surface area (Å²) in [6.45, 7) is 7.27. The van der Waals surface area contributed by atoms with Gasteiger partial charge in [-0.1, -0.05) is 81.4 Å². The summed E-state index contributed by atoms with van der Waals surface area (Å²) in [5.74, 6) is -2.77. The Morgan fingerprint density at radius 1 is 0.957 bits per heavy atom. The Labute approximate surface area is 270 Å². The second-order valence-electron chi connectivity index (χ2n) is 12.1. The van der Waals surface area contributed by atoms with E-state index in [1.54, 1.807) is 39.8 Å². The zero-order valence-corrected chi connectivity index (χ0v) is 26.5. The molecule has 1 aromatic heterocycles. The molecule has 4 rings (SSSR count). The van der Waals surface area contributed by atoms with Crippen LogP contribution in [-0.2, 0) is 33.5 Å². The van der Waals surface area contributed by atoms with Gasteiger partial charge in [0, 0.05) is 6.54 Å². The lowest BCUT2D eigenvalue weighted by Crippen LogP contribution is -2.57. The molecule has 2 aromatic carbocycles. The first-order valence-corrected chi connectivity index (χ1v) is 15.4. The third-order valence-electron chi connectivity index (χ3n) is 7.80. The molecule has 1 aliphatic heterocycles. The number of ether oxygens (including phenoxy) is 1.